The van der Waals surface area contributed by atoms with Crippen LogP contribution in [0.3, 0.4) is 0 Å². The second-order valence-corrected chi connectivity index (χ2v) is 19.1. The van der Waals surface area contributed by atoms with Crippen LogP contribution in [0.5, 0.6) is 5.75 Å². The van der Waals surface area contributed by atoms with E-state index in [0.29, 0.717) is 44.4 Å². The molecule has 0 radical (unpaired) electrons. The van der Waals surface area contributed by atoms with E-state index in [9.17, 15) is 29.5 Å². The lowest BCUT2D eigenvalue weighted by Gasteiger charge is -2.63. The van der Waals surface area contributed by atoms with Gasteiger partial charge in [0.05, 0.1) is 34.9 Å². The summed E-state index contributed by atoms with van der Waals surface area (Å²) in [6.07, 6.45) is 0.495. The Labute approximate surface area is 384 Å². The van der Waals surface area contributed by atoms with E-state index in [0.717, 1.165) is 5.56 Å². The molecule has 1 aromatic heterocycles. The number of aliphatic hydroxyl groups is 1. The van der Waals surface area contributed by atoms with Gasteiger partial charge in [-0.2, -0.15) is 10.5 Å². The van der Waals surface area contributed by atoms with Gasteiger partial charge >= 0.3 is 0 Å². The summed E-state index contributed by atoms with van der Waals surface area (Å²) in [5.74, 6) is 5.55. The monoisotopic (exact) mass is 896 g/mol. The molecule has 14 nitrogen and oxygen atoms in total. The molecular formula is C50H53ClN8O6. The summed E-state index contributed by atoms with van der Waals surface area (Å²) in [6, 6.07) is 24.2. The zero-order valence-electron chi connectivity index (χ0n) is 37.5. The van der Waals surface area contributed by atoms with Crippen molar-refractivity contribution in [3.63, 3.8) is 0 Å². The predicted molar refractivity (Wildman–Crippen MR) is 245 cm³/mol. The van der Waals surface area contributed by atoms with E-state index >= 15 is 0 Å². The molecule has 3 atom stereocenters. The number of benzene rings is 3. The summed E-state index contributed by atoms with van der Waals surface area (Å²) in [6.45, 7) is 13.6. The molecule has 1 saturated heterocycles. The Kier molecular flexibility index (Phi) is 14.2. The van der Waals surface area contributed by atoms with Gasteiger partial charge in [0.15, 0.2) is 0 Å². The van der Waals surface area contributed by atoms with Crippen LogP contribution in [0.25, 0.3) is 0 Å². The fraction of sp³-hybridized carbons (Fsp3) is 0.380. The van der Waals surface area contributed by atoms with Crippen LogP contribution in [-0.2, 0) is 20.9 Å². The van der Waals surface area contributed by atoms with Crippen molar-refractivity contribution in [2.24, 2.45) is 16.2 Å². The SMILES string of the molecule is CC(C)(C)C(NC(=O)CNc1ccc(C#Cc2ccc(C(=O)NC3C(C)(C)C(Oc4ccc(C#N)c(Cl)c4)C3(C)C)cc2)cn1)C(=O)N1C[C@H](O)C[C@H]1C(=O)NCc1ccc(C#N)cc1. The summed E-state index contributed by atoms with van der Waals surface area (Å²) in [4.78, 5) is 59.5. The topological polar surface area (TPSA) is 210 Å². The first-order valence-corrected chi connectivity index (χ1v) is 21.6. The normalized spacial score (nSPS) is 19.7. The number of nitrogens with one attached hydrogen (secondary N) is 4. The zero-order chi connectivity index (χ0) is 47.3. The number of ether oxygens (including phenoxy) is 1. The molecule has 336 valence electrons. The summed E-state index contributed by atoms with van der Waals surface area (Å²) in [5.41, 5.74) is 1.91. The van der Waals surface area contributed by atoms with Gasteiger partial charge in [0.2, 0.25) is 17.7 Å². The number of hydrogen-bond acceptors (Lipinski definition) is 10. The molecule has 6 rings (SSSR count). The van der Waals surface area contributed by atoms with E-state index in [-0.39, 0.29) is 44.1 Å². The number of carbonyl (C=O) groups is 4. The van der Waals surface area contributed by atoms with Gasteiger partial charge in [0.25, 0.3) is 5.91 Å². The average molecular weight is 897 g/mol. The number of amides is 4. The highest BCUT2D eigenvalue weighted by Crippen LogP contribution is 2.55. The largest absolute Gasteiger partial charge is 0.489 e. The Balaban J connectivity index is 0.989. The Bertz CT molecular complexity index is 2570. The van der Waals surface area contributed by atoms with E-state index in [2.05, 4.69) is 50.2 Å². The van der Waals surface area contributed by atoms with Crippen molar-refractivity contribution in [3.8, 4) is 29.7 Å². The number of aliphatic hydroxyl groups excluding tert-OH is 1. The van der Waals surface area contributed by atoms with Gasteiger partial charge < -0.3 is 36.0 Å². The lowest BCUT2D eigenvalue weighted by molar-refractivity contribution is -0.164. The standard InChI is InChI=1S/C50H53ClN8O6/c1-48(2,3)42(45(64)59-29-36(60)22-39(59)44(63)56-27-32-12-9-31(24-52)10-13-32)57-41(61)28-55-40-21-16-33(26-54-40)11-8-30-14-17-34(18-15-30)43(62)58-46-49(4,5)47(50(46,6)7)65-37-20-19-35(25-53)38(51)23-37/h9-10,12-21,23,26,36,39,42,46-47,60H,22,27-29H2,1-7H3,(H,54,55)(H,56,63)(H,57,61)(H,58,62)/t36-,39+,42?,46?,47?/m1/s1. The number of carbonyl (C=O) groups excluding carboxylic acids is 4. The molecule has 65 heavy (non-hydrogen) atoms. The molecule has 1 aliphatic heterocycles. The van der Waals surface area contributed by atoms with Gasteiger partial charge in [-0.3, -0.25) is 19.2 Å². The Morgan fingerprint density at radius 2 is 1.55 bits per heavy atom. The van der Waals surface area contributed by atoms with Crippen LogP contribution in [0, 0.1) is 50.7 Å². The van der Waals surface area contributed by atoms with Crippen molar-refractivity contribution >= 4 is 41.0 Å². The average Bonchev–Trinajstić information content (AvgIpc) is 3.68. The Morgan fingerprint density at radius 1 is 0.908 bits per heavy atom. The summed E-state index contributed by atoms with van der Waals surface area (Å²) in [5, 5.41) is 40.9. The predicted octanol–water partition coefficient (Wildman–Crippen LogP) is 5.71. The van der Waals surface area contributed by atoms with Gasteiger partial charge in [-0.15, -0.1) is 0 Å². The molecule has 5 N–H and O–H groups in total. The minimum Gasteiger partial charge on any atom is -0.489 e. The minimum absolute atomic E-state index is 0.0496. The van der Waals surface area contributed by atoms with Gasteiger partial charge in [-0.25, -0.2) is 4.98 Å². The van der Waals surface area contributed by atoms with Crippen LogP contribution in [0.4, 0.5) is 5.82 Å². The number of halogens is 1. The van der Waals surface area contributed by atoms with E-state index < -0.39 is 52.2 Å². The molecule has 1 saturated carbocycles. The highest BCUT2D eigenvalue weighted by molar-refractivity contribution is 6.31. The molecule has 4 aromatic rings. The van der Waals surface area contributed by atoms with E-state index in [4.69, 9.17) is 21.6 Å². The van der Waals surface area contributed by atoms with Crippen molar-refractivity contribution in [2.75, 3.05) is 18.4 Å². The van der Waals surface area contributed by atoms with Crippen LogP contribution in [0.15, 0.2) is 85.1 Å². The van der Waals surface area contributed by atoms with Crippen molar-refractivity contribution < 1.29 is 29.0 Å². The molecule has 4 amide bonds. The van der Waals surface area contributed by atoms with Crippen molar-refractivity contribution in [1.82, 2.24) is 25.8 Å². The number of likely N-dealkylation sites (tertiary alicyclic amines) is 1. The van der Waals surface area contributed by atoms with Gasteiger partial charge in [0.1, 0.15) is 35.8 Å². The summed E-state index contributed by atoms with van der Waals surface area (Å²) in [7, 11) is 0. The van der Waals surface area contributed by atoms with Crippen LogP contribution >= 0.6 is 11.6 Å². The molecule has 2 heterocycles. The second-order valence-electron chi connectivity index (χ2n) is 18.7. The number of β-amino-alcohol motifs (C(OH)–C–C–N with tert-alkyl or cyclic N) is 1. The number of hydrogen-bond donors (Lipinski definition) is 5. The van der Waals surface area contributed by atoms with Crippen LogP contribution < -0.4 is 26.0 Å². The molecule has 1 aliphatic carbocycles. The maximum absolute atomic E-state index is 13.9. The number of aromatic nitrogens is 1. The lowest BCUT2D eigenvalue weighted by atomic mass is 9.49. The fourth-order valence-corrected chi connectivity index (χ4v) is 8.95. The van der Waals surface area contributed by atoms with Crippen molar-refractivity contribution in [1.29, 1.82) is 10.5 Å². The van der Waals surface area contributed by atoms with Crippen molar-refractivity contribution in [2.45, 2.75) is 91.8 Å². The number of nitriles is 2. The zero-order valence-corrected chi connectivity index (χ0v) is 38.2. The fourth-order valence-electron chi connectivity index (χ4n) is 8.74. The molecular weight excluding hydrogens is 844 g/mol. The second kappa shape index (κ2) is 19.4. The van der Waals surface area contributed by atoms with Crippen molar-refractivity contribution in [3.05, 3.63) is 123 Å². The molecule has 0 bridgehead atoms. The molecule has 1 unspecified atom stereocenters. The quantitative estimate of drug-likeness (QED) is 0.109. The smallest absolute Gasteiger partial charge is 0.251 e. The lowest BCUT2D eigenvalue weighted by Crippen LogP contribution is -2.74. The molecule has 15 heteroatoms. The van der Waals surface area contributed by atoms with Gasteiger partial charge in [0, 0.05) is 65.3 Å². The molecule has 0 spiro atoms. The first-order chi connectivity index (χ1) is 30.7. The molecule has 2 aliphatic rings. The van der Waals surface area contributed by atoms with Crippen LogP contribution in [0.2, 0.25) is 5.02 Å². The Morgan fingerprint density at radius 3 is 2.15 bits per heavy atom. The maximum Gasteiger partial charge on any atom is 0.251 e. The van der Waals surface area contributed by atoms with E-state index in [1.807, 2.05) is 48.5 Å². The van der Waals surface area contributed by atoms with E-state index in [1.54, 1.807) is 85.1 Å². The highest BCUT2D eigenvalue weighted by atomic mass is 35.5. The third kappa shape index (κ3) is 11.1. The minimum atomic E-state index is -0.998. The first kappa shape index (κ1) is 47.6. The van der Waals surface area contributed by atoms with Gasteiger partial charge in [-0.1, -0.05) is 84.0 Å². The summed E-state index contributed by atoms with van der Waals surface area (Å²) < 4.78 is 6.34. The molecule has 2 fully saturated rings. The Hall–Kier alpha value is -6.92. The third-order valence-electron chi connectivity index (χ3n) is 12.0. The van der Waals surface area contributed by atoms with Gasteiger partial charge in [-0.05, 0) is 71.6 Å². The first-order valence-electron chi connectivity index (χ1n) is 21.2. The summed E-state index contributed by atoms with van der Waals surface area (Å²) >= 11 is 6.23. The third-order valence-corrected chi connectivity index (χ3v) is 12.3. The van der Waals surface area contributed by atoms with E-state index in [1.165, 1.54) is 4.90 Å². The number of pyridine rings is 1. The number of anilines is 1. The molecule has 3 aromatic carbocycles. The van der Waals surface area contributed by atoms with Crippen LogP contribution in [-0.4, -0.2) is 82.0 Å². The number of rotatable bonds is 12. The highest BCUT2D eigenvalue weighted by Gasteiger charge is 2.64. The van der Waals surface area contributed by atoms with Crippen LogP contribution in [0.1, 0.15) is 93.1 Å². The maximum atomic E-state index is 13.9. The number of nitrogens with zero attached hydrogens (tertiary/aromatic N) is 4.